The number of ether oxygens (including phenoxy) is 2. The van der Waals surface area contributed by atoms with Gasteiger partial charge in [-0.2, -0.15) is 0 Å². The summed E-state index contributed by atoms with van der Waals surface area (Å²) in [5, 5.41) is 1.26. The molecule has 5 nitrogen and oxygen atoms in total. The Labute approximate surface area is 177 Å². The van der Waals surface area contributed by atoms with Gasteiger partial charge in [-0.1, -0.05) is 18.2 Å². The number of amides is 1. The fourth-order valence-corrected chi connectivity index (χ4v) is 4.57. The summed E-state index contributed by atoms with van der Waals surface area (Å²) in [6.45, 7) is 1.48. The molecule has 2 heterocycles. The van der Waals surface area contributed by atoms with Gasteiger partial charge in [-0.05, 0) is 72.9 Å². The molecule has 1 saturated carbocycles. The van der Waals surface area contributed by atoms with Crippen molar-refractivity contribution in [3.63, 3.8) is 0 Å². The molecule has 1 aromatic heterocycles. The lowest BCUT2D eigenvalue weighted by Gasteiger charge is -2.35. The summed E-state index contributed by atoms with van der Waals surface area (Å²) in [6, 6.07) is 12.6. The molecule has 156 valence electrons. The lowest BCUT2D eigenvalue weighted by atomic mass is 9.88. The number of carbonyl (C=O) groups excluding carboxylic acids is 1. The van der Waals surface area contributed by atoms with Gasteiger partial charge in [0.25, 0.3) is 0 Å². The van der Waals surface area contributed by atoms with E-state index in [1.807, 2.05) is 11.0 Å². The first kappa shape index (κ1) is 19.0. The average Bonchev–Trinajstić information content (AvgIpc) is 3.53. The second-order valence-electron chi connectivity index (χ2n) is 8.46. The van der Waals surface area contributed by atoms with Crippen LogP contribution in [0.2, 0.25) is 0 Å². The lowest BCUT2D eigenvalue weighted by Crippen LogP contribution is -2.34. The standard InChI is InChI=1S/C25H28N2O3/c1-29-24-12-18-10-11-27(16-28)23(21(18)13-25(24)30-15-17-6-7-17)9-8-19-14-26-22-5-3-2-4-20(19)22/h2-5,12-14,16-17,23,26H,6-11,15H2,1H3. The van der Waals surface area contributed by atoms with Crippen molar-refractivity contribution < 1.29 is 14.3 Å². The highest BCUT2D eigenvalue weighted by atomic mass is 16.5. The van der Waals surface area contributed by atoms with Gasteiger partial charge >= 0.3 is 0 Å². The van der Waals surface area contributed by atoms with E-state index in [1.165, 1.54) is 34.9 Å². The number of benzene rings is 2. The fourth-order valence-electron chi connectivity index (χ4n) is 4.57. The van der Waals surface area contributed by atoms with Crippen LogP contribution in [0.25, 0.3) is 10.9 Å². The van der Waals surface area contributed by atoms with Gasteiger partial charge in [0, 0.05) is 23.6 Å². The van der Waals surface area contributed by atoms with Crippen LogP contribution in [0.15, 0.2) is 42.6 Å². The summed E-state index contributed by atoms with van der Waals surface area (Å²) < 4.78 is 11.7. The van der Waals surface area contributed by atoms with Crippen LogP contribution >= 0.6 is 0 Å². The number of nitrogens with one attached hydrogen (secondary N) is 1. The summed E-state index contributed by atoms with van der Waals surface area (Å²) in [4.78, 5) is 17.1. The lowest BCUT2D eigenvalue weighted by molar-refractivity contribution is -0.120. The van der Waals surface area contributed by atoms with Crippen molar-refractivity contribution in [2.75, 3.05) is 20.3 Å². The van der Waals surface area contributed by atoms with Crippen LogP contribution in [0.3, 0.4) is 0 Å². The smallest absolute Gasteiger partial charge is 0.210 e. The summed E-state index contributed by atoms with van der Waals surface area (Å²) in [7, 11) is 1.70. The number of carbonyl (C=O) groups is 1. The Bertz CT molecular complexity index is 1050. The van der Waals surface area contributed by atoms with Crippen LogP contribution in [0.5, 0.6) is 11.5 Å². The van der Waals surface area contributed by atoms with Crippen LogP contribution < -0.4 is 9.47 Å². The predicted molar refractivity (Wildman–Crippen MR) is 117 cm³/mol. The molecule has 1 N–H and O–H groups in total. The minimum atomic E-state index is 0.0501. The molecule has 2 aromatic carbocycles. The molecule has 30 heavy (non-hydrogen) atoms. The molecule has 1 fully saturated rings. The third kappa shape index (κ3) is 3.64. The van der Waals surface area contributed by atoms with Crippen molar-refractivity contribution >= 4 is 17.3 Å². The van der Waals surface area contributed by atoms with Crippen molar-refractivity contribution in [2.45, 2.75) is 38.1 Å². The van der Waals surface area contributed by atoms with Crippen LogP contribution in [-0.4, -0.2) is 36.6 Å². The first-order valence-electron chi connectivity index (χ1n) is 10.9. The molecule has 1 aliphatic carbocycles. The predicted octanol–water partition coefficient (Wildman–Crippen LogP) is 4.65. The number of methoxy groups -OCH3 is 1. The number of aromatic nitrogens is 1. The van der Waals surface area contributed by atoms with Gasteiger partial charge in [0.15, 0.2) is 11.5 Å². The Kier molecular flexibility index (Phi) is 5.11. The number of hydrogen-bond donors (Lipinski definition) is 1. The number of nitrogens with zero attached hydrogens (tertiary/aromatic N) is 1. The van der Waals surface area contributed by atoms with E-state index in [4.69, 9.17) is 9.47 Å². The summed E-state index contributed by atoms with van der Waals surface area (Å²) in [5.41, 5.74) is 4.90. The highest BCUT2D eigenvalue weighted by molar-refractivity contribution is 5.83. The number of rotatable bonds is 8. The van der Waals surface area contributed by atoms with Crippen molar-refractivity contribution in [2.24, 2.45) is 5.92 Å². The Morgan fingerprint density at radius 1 is 1.20 bits per heavy atom. The molecule has 1 aliphatic heterocycles. The highest BCUT2D eigenvalue weighted by Gasteiger charge is 2.29. The van der Waals surface area contributed by atoms with Crippen molar-refractivity contribution in [1.82, 2.24) is 9.88 Å². The van der Waals surface area contributed by atoms with E-state index in [9.17, 15) is 4.79 Å². The van der Waals surface area contributed by atoms with Crippen LogP contribution in [0, 0.1) is 5.92 Å². The van der Waals surface area contributed by atoms with Gasteiger partial charge in [0.2, 0.25) is 6.41 Å². The maximum absolute atomic E-state index is 11.8. The molecule has 3 aromatic rings. The molecule has 2 aliphatic rings. The number of aryl methyl sites for hydroxylation is 1. The number of para-hydroxylation sites is 1. The Hall–Kier alpha value is -2.95. The van der Waals surface area contributed by atoms with E-state index < -0.39 is 0 Å². The third-order valence-electron chi connectivity index (χ3n) is 6.49. The largest absolute Gasteiger partial charge is 0.493 e. The Morgan fingerprint density at radius 2 is 2.07 bits per heavy atom. The molecular formula is C25H28N2O3. The van der Waals surface area contributed by atoms with Crippen LogP contribution in [-0.2, 0) is 17.6 Å². The summed E-state index contributed by atoms with van der Waals surface area (Å²) in [6.07, 6.45) is 8.22. The monoisotopic (exact) mass is 404 g/mol. The molecule has 1 unspecified atom stereocenters. The SMILES string of the molecule is COc1cc2c(cc1OCC1CC1)C(CCc1c[nH]c3ccccc13)N(C=O)CC2. The molecule has 0 saturated heterocycles. The molecule has 1 atom stereocenters. The minimum Gasteiger partial charge on any atom is -0.493 e. The first-order valence-corrected chi connectivity index (χ1v) is 10.9. The zero-order chi connectivity index (χ0) is 20.5. The zero-order valence-electron chi connectivity index (χ0n) is 17.4. The summed E-state index contributed by atoms with van der Waals surface area (Å²) >= 11 is 0. The van der Waals surface area contributed by atoms with E-state index in [0.717, 1.165) is 55.8 Å². The van der Waals surface area contributed by atoms with Crippen molar-refractivity contribution in [1.29, 1.82) is 0 Å². The second-order valence-corrected chi connectivity index (χ2v) is 8.46. The molecule has 5 heteroatoms. The van der Waals surface area contributed by atoms with Gasteiger partial charge in [0.1, 0.15) is 0 Å². The molecule has 0 bridgehead atoms. The quantitative estimate of drug-likeness (QED) is 0.556. The second kappa shape index (κ2) is 8.05. The zero-order valence-corrected chi connectivity index (χ0v) is 17.4. The van der Waals surface area contributed by atoms with E-state index in [1.54, 1.807) is 7.11 Å². The number of hydrogen-bond acceptors (Lipinski definition) is 3. The van der Waals surface area contributed by atoms with E-state index in [0.29, 0.717) is 5.92 Å². The van der Waals surface area contributed by atoms with Gasteiger partial charge < -0.3 is 19.4 Å². The average molecular weight is 405 g/mol. The van der Waals surface area contributed by atoms with Gasteiger partial charge in [-0.3, -0.25) is 4.79 Å². The third-order valence-corrected chi connectivity index (χ3v) is 6.49. The maximum Gasteiger partial charge on any atom is 0.210 e. The van der Waals surface area contributed by atoms with Crippen LogP contribution in [0.4, 0.5) is 0 Å². The molecular weight excluding hydrogens is 376 g/mol. The molecule has 0 radical (unpaired) electrons. The Morgan fingerprint density at radius 3 is 2.87 bits per heavy atom. The highest BCUT2D eigenvalue weighted by Crippen LogP contribution is 2.40. The topological polar surface area (TPSA) is 54.6 Å². The Balaban J connectivity index is 1.43. The van der Waals surface area contributed by atoms with Gasteiger partial charge in [-0.15, -0.1) is 0 Å². The number of H-pyrrole nitrogens is 1. The number of aromatic amines is 1. The first-order chi connectivity index (χ1) is 14.8. The minimum absolute atomic E-state index is 0.0501. The van der Waals surface area contributed by atoms with Crippen molar-refractivity contribution in [3.05, 3.63) is 59.3 Å². The van der Waals surface area contributed by atoms with Crippen molar-refractivity contribution in [3.8, 4) is 11.5 Å². The molecule has 0 spiro atoms. The van der Waals surface area contributed by atoms with E-state index >= 15 is 0 Å². The van der Waals surface area contributed by atoms with E-state index in [-0.39, 0.29) is 6.04 Å². The van der Waals surface area contributed by atoms with Gasteiger partial charge in [-0.25, -0.2) is 0 Å². The fraction of sp³-hybridized carbons (Fsp3) is 0.400. The van der Waals surface area contributed by atoms with Crippen LogP contribution in [0.1, 0.15) is 42.0 Å². The normalized spacial score (nSPS) is 18.3. The molecule has 1 amide bonds. The number of fused-ring (bicyclic) bond motifs is 2. The van der Waals surface area contributed by atoms with Gasteiger partial charge in [0.05, 0.1) is 19.8 Å². The summed E-state index contributed by atoms with van der Waals surface area (Å²) in [5.74, 6) is 2.27. The van der Waals surface area contributed by atoms with E-state index in [2.05, 4.69) is 41.5 Å². The molecule has 5 rings (SSSR count). The maximum atomic E-state index is 11.8.